The summed E-state index contributed by atoms with van der Waals surface area (Å²) in [5.74, 6) is -1.13. The first-order valence-corrected chi connectivity index (χ1v) is 7.77. The van der Waals surface area contributed by atoms with Crippen LogP contribution in [0, 0.1) is 0 Å². The molecule has 1 unspecified atom stereocenters. The molecule has 1 aliphatic rings. The maximum absolute atomic E-state index is 12.6. The predicted molar refractivity (Wildman–Crippen MR) is 81.4 cm³/mol. The van der Waals surface area contributed by atoms with Crippen molar-refractivity contribution in [2.75, 3.05) is 13.1 Å². The molecule has 0 aromatic carbocycles. The number of amides is 1. The summed E-state index contributed by atoms with van der Waals surface area (Å²) in [6.45, 7) is 2.94. The lowest BCUT2D eigenvalue weighted by Gasteiger charge is -2.22. The first-order chi connectivity index (χ1) is 9.89. The molecule has 1 fully saturated rings. The number of aliphatic hydroxyl groups is 1. The summed E-state index contributed by atoms with van der Waals surface area (Å²) in [5, 5.41) is 20.5. The highest BCUT2D eigenvalue weighted by atomic mass is 32.1. The molecule has 1 amide bonds. The molecule has 2 rings (SSSR count). The van der Waals surface area contributed by atoms with Crippen molar-refractivity contribution in [3.63, 3.8) is 0 Å². The minimum Gasteiger partial charge on any atom is -0.478 e. The largest absolute Gasteiger partial charge is 0.478 e. The number of thiophene rings is 1. The summed E-state index contributed by atoms with van der Waals surface area (Å²) in [6.07, 6.45) is 4.49. The molecular formula is C15H19NO4S. The molecule has 2 heterocycles. The second-order valence-electron chi connectivity index (χ2n) is 5.52. The molecule has 2 N–H and O–H groups in total. The molecule has 0 radical (unpaired) electrons. The van der Waals surface area contributed by atoms with Crippen molar-refractivity contribution in [1.82, 2.24) is 4.90 Å². The van der Waals surface area contributed by atoms with Crippen LogP contribution in [0.15, 0.2) is 17.5 Å². The summed E-state index contributed by atoms with van der Waals surface area (Å²) in [6, 6.07) is 1.74. The number of carbonyl (C=O) groups is 2. The first-order valence-electron chi connectivity index (χ1n) is 6.89. The normalized spacial score (nSPS) is 23.2. The van der Waals surface area contributed by atoms with Gasteiger partial charge >= 0.3 is 5.97 Å². The second-order valence-corrected chi connectivity index (χ2v) is 6.44. The Kier molecular flexibility index (Phi) is 4.80. The van der Waals surface area contributed by atoms with Gasteiger partial charge < -0.3 is 15.1 Å². The van der Waals surface area contributed by atoms with Crippen molar-refractivity contribution in [1.29, 1.82) is 0 Å². The monoisotopic (exact) mass is 309 g/mol. The molecule has 6 heteroatoms. The Morgan fingerprint density at radius 1 is 1.38 bits per heavy atom. The Morgan fingerprint density at radius 2 is 2.14 bits per heavy atom. The number of likely N-dealkylation sites (tertiary alicyclic amines) is 1. The number of rotatable bonds is 3. The zero-order chi connectivity index (χ0) is 15.5. The van der Waals surface area contributed by atoms with Crippen LogP contribution in [0.3, 0.4) is 0 Å². The molecule has 0 bridgehead atoms. The van der Waals surface area contributed by atoms with Gasteiger partial charge in [-0.05, 0) is 49.3 Å². The molecule has 0 aliphatic carbocycles. The fourth-order valence-electron chi connectivity index (χ4n) is 2.40. The average molecular weight is 309 g/mol. The summed E-state index contributed by atoms with van der Waals surface area (Å²) in [7, 11) is 0. The number of carboxylic acids is 1. The van der Waals surface area contributed by atoms with Gasteiger partial charge in [0, 0.05) is 19.2 Å². The van der Waals surface area contributed by atoms with Gasteiger partial charge in [0.25, 0.3) is 5.91 Å². The summed E-state index contributed by atoms with van der Waals surface area (Å²) in [4.78, 5) is 25.4. The quantitative estimate of drug-likeness (QED) is 0.839. The second kappa shape index (κ2) is 6.41. The van der Waals surface area contributed by atoms with Crippen LogP contribution < -0.4 is 0 Å². The van der Waals surface area contributed by atoms with Crippen molar-refractivity contribution < 1.29 is 19.8 Å². The van der Waals surface area contributed by atoms with Crippen molar-refractivity contribution in [2.45, 2.75) is 31.8 Å². The van der Waals surface area contributed by atoms with Gasteiger partial charge in [0.15, 0.2) is 0 Å². The SMILES string of the molecule is CC1(O)CCCN(C(=O)c2sccc2/C=C/C(=O)O)CC1. The number of nitrogens with zero attached hydrogens (tertiary/aromatic N) is 1. The van der Waals surface area contributed by atoms with E-state index in [0.717, 1.165) is 12.5 Å². The third kappa shape index (κ3) is 4.15. The van der Waals surface area contributed by atoms with E-state index in [1.54, 1.807) is 23.3 Å². The van der Waals surface area contributed by atoms with E-state index in [-0.39, 0.29) is 5.91 Å². The van der Waals surface area contributed by atoms with Crippen LogP contribution in [-0.4, -0.2) is 45.7 Å². The minimum absolute atomic E-state index is 0.0901. The predicted octanol–water partition coefficient (Wildman–Crippen LogP) is 2.22. The van der Waals surface area contributed by atoms with Gasteiger partial charge in [0.2, 0.25) is 0 Å². The van der Waals surface area contributed by atoms with E-state index in [1.165, 1.54) is 17.4 Å². The number of carboxylic acid groups (broad SMARTS) is 1. The van der Waals surface area contributed by atoms with Crippen molar-refractivity contribution >= 4 is 29.3 Å². The summed E-state index contributed by atoms with van der Waals surface area (Å²) in [5.41, 5.74) is -0.0836. The maximum Gasteiger partial charge on any atom is 0.328 e. The lowest BCUT2D eigenvalue weighted by Crippen LogP contribution is -2.33. The highest BCUT2D eigenvalue weighted by Gasteiger charge is 2.28. The van der Waals surface area contributed by atoms with Crippen LogP contribution in [0.2, 0.25) is 0 Å². The Labute approximate surface area is 127 Å². The van der Waals surface area contributed by atoms with Crippen LogP contribution >= 0.6 is 11.3 Å². The lowest BCUT2D eigenvalue weighted by molar-refractivity contribution is -0.131. The molecule has 1 atom stereocenters. The van der Waals surface area contributed by atoms with Gasteiger partial charge in [-0.15, -0.1) is 11.3 Å². The fourth-order valence-corrected chi connectivity index (χ4v) is 3.25. The zero-order valence-electron chi connectivity index (χ0n) is 11.9. The van der Waals surface area contributed by atoms with Crippen LogP contribution in [0.4, 0.5) is 0 Å². The molecule has 1 aliphatic heterocycles. The molecular weight excluding hydrogens is 290 g/mol. The van der Waals surface area contributed by atoms with Gasteiger partial charge in [-0.3, -0.25) is 4.79 Å². The third-order valence-electron chi connectivity index (χ3n) is 3.65. The number of hydrogen-bond donors (Lipinski definition) is 2. The smallest absolute Gasteiger partial charge is 0.328 e. The summed E-state index contributed by atoms with van der Waals surface area (Å²) < 4.78 is 0. The zero-order valence-corrected chi connectivity index (χ0v) is 12.7. The average Bonchev–Trinajstić information content (AvgIpc) is 2.80. The Balaban J connectivity index is 2.13. The molecule has 114 valence electrons. The number of aliphatic carboxylic acids is 1. The topological polar surface area (TPSA) is 77.8 Å². The standard InChI is InChI=1S/C15H19NO4S/c1-15(20)6-2-8-16(9-7-15)14(19)13-11(5-10-21-13)3-4-12(17)18/h3-5,10,20H,2,6-9H2,1H3,(H,17,18)/b4-3+. The van der Waals surface area contributed by atoms with Crippen LogP contribution in [0.5, 0.6) is 0 Å². The Hall–Kier alpha value is -1.66. The number of hydrogen-bond acceptors (Lipinski definition) is 4. The highest BCUT2D eigenvalue weighted by molar-refractivity contribution is 7.12. The maximum atomic E-state index is 12.6. The third-order valence-corrected chi connectivity index (χ3v) is 4.56. The molecule has 1 saturated heterocycles. The molecule has 1 aromatic rings. The molecule has 1 aromatic heterocycles. The summed E-state index contributed by atoms with van der Waals surface area (Å²) >= 11 is 1.31. The van der Waals surface area contributed by atoms with E-state index >= 15 is 0 Å². The van der Waals surface area contributed by atoms with Gasteiger partial charge in [-0.2, -0.15) is 0 Å². The van der Waals surface area contributed by atoms with E-state index < -0.39 is 11.6 Å². The number of carbonyl (C=O) groups excluding carboxylic acids is 1. The van der Waals surface area contributed by atoms with Crippen LogP contribution in [0.1, 0.15) is 41.4 Å². The van der Waals surface area contributed by atoms with E-state index in [1.807, 2.05) is 0 Å². The van der Waals surface area contributed by atoms with Gasteiger partial charge in [-0.1, -0.05) is 0 Å². The Bertz CT molecular complexity index is 562. The molecule has 21 heavy (non-hydrogen) atoms. The van der Waals surface area contributed by atoms with Crippen LogP contribution in [0.25, 0.3) is 6.08 Å². The Morgan fingerprint density at radius 3 is 2.86 bits per heavy atom. The van der Waals surface area contributed by atoms with Gasteiger partial charge in [0.1, 0.15) is 0 Å². The van der Waals surface area contributed by atoms with E-state index in [4.69, 9.17) is 5.11 Å². The van der Waals surface area contributed by atoms with Gasteiger partial charge in [-0.25, -0.2) is 4.79 Å². The fraction of sp³-hybridized carbons (Fsp3) is 0.467. The minimum atomic E-state index is -1.04. The first kappa shape index (κ1) is 15.7. The van der Waals surface area contributed by atoms with E-state index in [2.05, 4.69) is 0 Å². The lowest BCUT2D eigenvalue weighted by atomic mass is 9.98. The molecule has 0 saturated carbocycles. The highest BCUT2D eigenvalue weighted by Crippen LogP contribution is 2.25. The van der Waals surface area contributed by atoms with Crippen molar-refractivity contribution in [3.05, 3.63) is 28.0 Å². The van der Waals surface area contributed by atoms with Crippen molar-refractivity contribution in [3.8, 4) is 0 Å². The van der Waals surface area contributed by atoms with Crippen molar-refractivity contribution in [2.24, 2.45) is 0 Å². The van der Waals surface area contributed by atoms with Crippen LogP contribution in [-0.2, 0) is 4.79 Å². The molecule has 0 spiro atoms. The van der Waals surface area contributed by atoms with Gasteiger partial charge in [0.05, 0.1) is 10.5 Å². The van der Waals surface area contributed by atoms with E-state index in [0.29, 0.717) is 36.4 Å². The molecule has 5 nitrogen and oxygen atoms in total. The van der Waals surface area contributed by atoms with E-state index in [9.17, 15) is 14.7 Å².